The van der Waals surface area contributed by atoms with Crippen LogP contribution in [0.25, 0.3) is 0 Å². The third kappa shape index (κ3) is 3.67. The van der Waals surface area contributed by atoms with Crippen molar-refractivity contribution in [1.82, 2.24) is 15.1 Å². The molecule has 21 heavy (non-hydrogen) atoms. The summed E-state index contributed by atoms with van der Waals surface area (Å²) >= 11 is 0. The van der Waals surface area contributed by atoms with E-state index >= 15 is 0 Å². The van der Waals surface area contributed by atoms with Gasteiger partial charge in [0.1, 0.15) is 0 Å². The second-order valence-electron chi connectivity index (χ2n) is 4.72. The molecule has 7 nitrogen and oxygen atoms in total. The SMILES string of the molecule is CC(NC(=O)c1cnn(C)c1)c1cccc(S(N)(=O)=O)c1. The van der Waals surface area contributed by atoms with Crippen LogP contribution < -0.4 is 10.5 Å². The number of nitrogens with one attached hydrogen (secondary N) is 1. The largest absolute Gasteiger partial charge is 0.345 e. The van der Waals surface area contributed by atoms with Gasteiger partial charge in [-0.25, -0.2) is 13.6 Å². The topological polar surface area (TPSA) is 107 Å². The highest BCUT2D eigenvalue weighted by Gasteiger charge is 2.15. The van der Waals surface area contributed by atoms with E-state index < -0.39 is 10.0 Å². The summed E-state index contributed by atoms with van der Waals surface area (Å²) in [7, 11) is -2.04. The number of nitrogens with two attached hydrogens (primary N) is 1. The normalized spacial score (nSPS) is 12.9. The number of aryl methyl sites for hydroxylation is 1. The number of aromatic nitrogens is 2. The Bertz CT molecular complexity index is 767. The van der Waals surface area contributed by atoms with Crippen LogP contribution in [0.1, 0.15) is 28.9 Å². The maximum absolute atomic E-state index is 12.0. The van der Waals surface area contributed by atoms with E-state index in [2.05, 4.69) is 10.4 Å². The number of amides is 1. The van der Waals surface area contributed by atoms with Gasteiger partial charge >= 0.3 is 0 Å². The van der Waals surface area contributed by atoms with Crippen molar-refractivity contribution in [2.24, 2.45) is 12.2 Å². The Labute approximate surface area is 122 Å². The van der Waals surface area contributed by atoms with Crippen LogP contribution in [0, 0.1) is 0 Å². The third-order valence-corrected chi connectivity index (χ3v) is 3.91. The molecule has 1 atom stereocenters. The number of rotatable bonds is 4. The lowest BCUT2D eigenvalue weighted by Crippen LogP contribution is -2.26. The van der Waals surface area contributed by atoms with Gasteiger partial charge in [-0.3, -0.25) is 9.48 Å². The minimum Gasteiger partial charge on any atom is -0.345 e. The Morgan fingerprint density at radius 2 is 2.14 bits per heavy atom. The monoisotopic (exact) mass is 308 g/mol. The molecule has 1 unspecified atom stereocenters. The number of primary sulfonamides is 1. The smallest absolute Gasteiger partial charge is 0.254 e. The molecule has 8 heteroatoms. The van der Waals surface area contributed by atoms with Gasteiger partial charge in [-0.1, -0.05) is 12.1 Å². The highest BCUT2D eigenvalue weighted by molar-refractivity contribution is 7.89. The van der Waals surface area contributed by atoms with E-state index in [9.17, 15) is 13.2 Å². The van der Waals surface area contributed by atoms with Gasteiger partial charge < -0.3 is 5.32 Å². The molecular weight excluding hydrogens is 292 g/mol. The van der Waals surface area contributed by atoms with E-state index in [0.29, 0.717) is 11.1 Å². The Morgan fingerprint density at radius 1 is 1.43 bits per heavy atom. The van der Waals surface area contributed by atoms with Gasteiger partial charge in [0, 0.05) is 13.2 Å². The minimum absolute atomic E-state index is 0.0162. The highest BCUT2D eigenvalue weighted by atomic mass is 32.2. The zero-order chi connectivity index (χ0) is 15.6. The second-order valence-corrected chi connectivity index (χ2v) is 6.28. The summed E-state index contributed by atoms with van der Waals surface area (Å²) in [5, 5.41) is 11.8. The van der Waals surface area contributed by atoms with Gasteiger partial charge in [-0.15, -0.1) is 0 Å². The van der Waals surface area contributed by atoms with Crippen LogP contribution in [0.2, 0.25) is 0 Å². The lowest BCUT2D eigenvalue weighted by atomic mass is 10.1. The van der Waals surface area contributed by atoms with Gasteiger partial charge in [-0.05, 0) is 24.6 Å². The number of benzene rings is 1. The van der Waals surface area contributed by atoms with Crippen LogP contribution in [0.15, 0.2) is 41.6 Å². The molecule has 0 aliphatic heterocycles. The molecule has 1 aromatic carbocycles. The van der Waals surface area contributed by atoms with Crippen LogP contribution in [-0.4, -0.2) is 24.1 Å². The lowest BCUT2D eigenvalue weighted by Gasteiger charge is -2.14. The Hall–Kier alpha value is -2.19. The quantitative estimate of drug-likeness (QED) is 0.860. The van der Waals surface area contributed by atoms with Crippen molar-refractivity contribution in [1.29, 1.82) is 0 Å². The molecule has 1 aromatic heterocycles. The van der Waals surface area contributed by atoms with Crippen LogP contribution in [-0.2, 0) is 17.1 Å². The molecule has 0 fully saturated rings. The van der Waals surface area contributed by atoms with E-state index in [0.717, 1.165) is 0 Å². The standard InChI is InChI=1S/C13H16N4O3S/c1-9(16-13(18)11-7-15-17(2)8-11)10-4-3-5-12(6-10)21(14,19)20/h3-9H,1-2H3,(H,16,18)(H2,14,19,20). The fraction of sp³-hybridized carbons (Fsp3) is 0.231. The molecule has 1 amide bonds. The molecule has 0 spiro atoms. The van der Waals surface area contributed by atoms with E-state index in [1.807, 2.05) is 0 Å². The number of carbonyl (C=O) groups is 1. The van der Waals surface area contributed by atoms with Crippen molar-refractivity contribution in [3.63, 3.8) is 0 Å². The van der Waals surface area contributed by atoms with Crippen LogP contribution in [0.4, 0.5) is 0 Å². The lowest BCUT2D eigenvalue weighted by molar-refractivity contribution is 0.0940. The summed E-state index contributed by atoms with van der Waals surface area (Å²) in [5.41, 5.74) is 1.09. The molecule has 2 rings (SSSR count). The van der Waals surface area contributed by atoms with Crippen LogP contribution in [0.5, 0.6) is 0 Å². The fourth-order valence-corrected chi connectivity index (χ4v) is 2.43. The number of sulfonamides is 1. The molecule has 0 radical (unpaired) electrons. The van der Waals surface area contributed by atoms with Gasteiger partial charge in [0.25, 0.3) is 5.91 Å². The molecule has 0 saturated carbocycles. The summed E-state index contributed by atoms with van der Waals surface area (Å²) in [6.07, 6.45) is 3.06. The number of hydrogen-bond acceptors (Lipinski definition) is 4. The third-order valence-electron chi connectivity index (χ3n) is 3.00. The van der Waals surface area contributed by atoms with Crippen LogP contribution in [0.3, 0.4) is 0 Å². The predicted molar refractivity (Wildman–Crippen MR) is 76.9 cm³/mol. The summed E-state index contributed by atoms with van der Waals surface area (Å²) in [6, 6.07) is 5.81. The fourth-order valence-electron chi connectivity index (χ4n) is 1.86. The summed E-state index contributed by atoms with van der Waals surface area (Å²) in [5.74, 6) is -0.281. The Morgan fingerprint density at radius 3 is 2.71 bits per heavy atom. The first-order chi connectivity index (χ1) is 9.77. The maximum Gasteiger partial charge on any atom is 0.254 e. The Balaban J connectivity index is 2.17. The van der Waals surface area contributed by atoms with Crippen LogP contribution >= 0.6 is 0 Å². The van der Waals surface area contributed by atoms with Gasteiger partial charge in [0.05, 0.1) is 22.7 Å². The molecule has 2 aromatic rings. The van der Waals surface area contributed by atoms with E-state index in [4.69, 9.17) is 5.14 Å². The van der Waals surface area contributed by atoms with E-state index in [1.165, 1.54) is 23.0 Å². The van der Waals surface area contributed by atoms with Crippen molar-refractivity contribution >= 4 is 15.9 Å². The zero-order valence-corrected chi connectivity index (χ0v) is 12.5. The maximum atomic E-state index is 12.0. The van der Waals surface area contributed by atoms with Crippen molar-refractivity contribution in [2.75, 3.05) is 0 Å². The summed E-state index contributed by atoms with van der Waals surface area (Å²) < 4.78 is 24.2. The molecule has 0 bridgehead atoms. The molecule has 1 heterocycles. The molecule has 112 valence electrons. The van der Waals surface area contributed by atoms with E-state index in [1.54, 1.807) is 32.3 Å². The van der Waals surface area contributed by atoms with Crippen molar-refractivity contribution in [2.45, 2.75) is 17.9 Å². The average Bonchev–Trinajstić information content (AvgIpc) is 2.84. The predicted octanol–water partition coefficient (Wildman–Crippen LogP) is 0.559. The van der Waals surface area contributed by atoms with Gasteiger partial charge in [0.2, 0.25) is 10.0 Å². The Kier molecular flexibility index (Phi) is 4.10. The first-order valence-electron chi connectivity index (χ1n) is 6.19. The van der Waals surface area contributed by atoms with Crippen molar-refractivity contribution in [3.05, 3.63) is 47.8 Å². The van der Waals surface area contributed by atoms with Crippen molar-refractivity contribution in [3.8, 4) is 0 Å². The molecule has 0 saturated heterocycles. The zero-order valence-electron chi connectivity index (χ0n) is 11.6. The second kappa shape index (κ2) is 5.66. The first-order valence-corrected chi connectivity index (χ1v) is 7.74. The van der Waals surface area contributed by atoms with Crippen molar-refractivity contribution < 1.29 is 13.2 Å². The first kappa shape index (κ1) is 15.2. The summed E-state index contributed by atoms with van der Waals surface area (Å²) in [4.78, 5) is 12.0. The molecule has 0 aliphatic rings. The molecule has 3 N–H and O–H groups in total. The van der Waals surface area contributed by atoms with Gasteiger partial charge in [0.15, 0.2) is 0 Å². The number of hydrogen-bond donors (Lipinski definition) is 2. The molecule has 0 aliphatic carbocycles. The number of nitrogens with zero attached hydrogens (tertiary/aromatic N) is 2. The molecular formula is C13H16N4O3S. The minimum atomic E-state index is -3.76. The van der Waals surface area contributed by atoms with Gasteiger partial charge in [-0.2, -0.15) is 5.10 Å². The summed E-state index contributed by atoms with van der Waals surface area (Å²) in [6.45, 7) is 1.76. The van der Waals surface area contributed by atoms with E-state index in [-0.39, 0.29) is 16.8 Å². The number of carbonyl (C=O) groups excluding carboxylic acids is 1. The average molecular weight is 308 g/mol. The highest BCUT2D eigenvalue weighted by Crippen LogP contribution is 2.17.